The van der Waals surface area contributed by atoms with Crippen LogP contribution in [0.25, 0.3) is 10.2 Å². The normalized spacial score (nSPS) is 10.7. The van der Waals surface area contributed by atoms with Crippen molar-refractivity contribution in [2.75, 3.05) is 5.75 Å². The average molecular weight is 316 g/mol. The molecule has 0 aliphatic heterocycles. The van der Waals surface area contributed by atoms with Crippen LogP contribution >= 0.6 is 23.1 Å². The first-order chi connectivity index (χ1) is 10.3. The molecule has 3 aromatic rings. The molecule has 0 spiro atoms. The maximum atomic E-state index is 11.7. The quantitative estimate of drug-likeness (QED) is 0.532. The lowest BCUT2D eigenvalue weighted by molar-refractivity contribution is -0.141. The Morgan fingerprint density at radius 2 is 2.05 bits per heavy atom. The number of para-hydroxylation sites is 1. The number of benzene rings is 1. The van der Waals surface area contributed by atoms with Crippen molar-refractivity contribution in [1.82, 2.24) is 9.97 Å². The number of thiazole rings is 1. The topological polar surface area (TPSA) is 52.1 Å². The van der Waals surface area contributed by atoms with E-state index in [0.717, 1.165) is 20.3 Å². The summed E-state index contributed by atoms with van der Waals surface area (Å²) < 4.78 is 7.19. The average Bonchev–Trinajstić information content (AvgIpc) is 2.95. The van der Waals surface area contributed by atoms with E-state index in [1.165, 1.54) is 11.8 Å². The van der Waals surface area contributed by atoms with Crippen LogP contribution in [0.5, 0.6) is 0 Å². The van der Waals surface area contributed by atoms with Crippen molar-refractivity contribution in [2.45, 2.75) is 10.9 Å². The number of fused-ring (bicyclic) bond motifs is 1. The Bertz CT molecular complexity index is 711. The second-order valence-electron chi connectivity index (χ2n) is 4.22. The van der Waals surface area contributed by atoms with E-state index < -0.39 is 0 Å². The van der Waals surface area contributed by atoms with Crippen LogP contribution in [0.4, 0.5) is 0 Å². The zero-order valence-electron chi connectivity index (χ0n) is 11.1. The molecule has 0 fully saturated rings. The number of ether oxygens (including phenoxy) is 1. The third-order valence-corrected chi connectivity index (χ3v) is 4.85. The van der Waals surface area contributed by atoms with Crippen LogP contribution in [0.2, 0.25) is 0 Å². The number of hydrogen-bond donors (Lipinski definition) is 0. The molecule has 1 aromatic carbocycles. The fraction of sp³-hybridized carbons (Fsp3) is 0.133. The van der Waals surface area contributed by atoms with Gasteiger partial charge in [-0.1, -0.05) is 30.0 Å². The van der Waals surface area contributed by atoms with E-state index in [2.05, 4.69) is 9.97 Å². The van der Waals surface area contributed by atoms with Gasteiger partial charge in [0.2, 0.25) is 0 Å². The van der Waals surface area contributed by atoms with Gasteiger partial charge in [0.15, 0.2) is 4.34 Å². The maximum absolute atomic E-state index is 11.7. The summed E-state index contributed by atoms with van der Waals surface area (Å²) in [5.41, 5.74) is 1.71. The minimum absolute atomic E-state index is 0.208. The molecule has 106 valence electrons. The van der Waals surface area contributed by atoms with Gasteiger partial charge in [0, 0.05) is 6.20 Å². The Kier molecular flexibility index (Phi) is 4.47. The molecule has 0 aliphatic rings. The molecule has 2 aromatic heterocycles. The van der Waals surface area contributed by atoms with E-state index in [1.807, 2.05) is 42.5 Å². The lowest BCUT2D eigenvalue weighted by atomic mass is 10.3. The molecule has 3 rings (SSSR count). The Morgan fingerprint density at radius 1 is 1.19 bits per heavy atom. The van der Waals surface area contributed by atoms with Gasteiger partial charge in [-0.25, -0.2) is 4.98 Å². The molecule has 0 unspecified atom stereocenters. The summed E-state index contributed by atoms with van der Waals surface area (Å²) in [6.45, 7) is 0.208. The number of carbonyl (C=O) groups is 1. The molecule has 2 heterocycles. The summed E-state index contributed by atoms with van der Waals surface area (Å²) in [6.07, 6.45) is 1.68. The van der Waals surface area contributed by atoms with Gasteiger partial charge in [-0.2, -0.15) is 0 Å². The molecule has 0 amide bonds. The fourth-order valence-electron chi connectivity index (χ4n) is 1.71. The van der Waals surface area contributed by atoms with E-state index in [4.69, 9.17) is 4.74 Å². The third-order valence-electron chi connectivity index (χ3n) is 2.69. The largest absolute Gasteiger partial charge is 0.459 e. The molecule has 0 aliphatic carbocycles. The monoisotopic (exact) mass is 316 g/mol. The van der Waals surface area contributed by atoms with Crippen molar-refractivity contribution >= 4 is 39.3 Å². The summed E-state index contributed by atoms with van der Waals surface area (Å²) in [4.78, 5) is 20.3. The second-order valence-corrected chi connectivity index (χ2v) is 6.47. The Morgan fingerprint density at radius 3 is 2.86 bits per heavy atom. The zero-order chi connectivity index (χ0) is 14.5. The predicted octanol–water partition coefficient (Wildman–Crippen LogP) is 3.53. The molecule has 0 bridgehead atoms. The van der Waals surface area contributed by atoms with Gasteiger partial charge in [0.25, 0.3) is 0 Å². The Balaban J connectivity index is 1.51. The number of rotatable bonds is 5. The third kappa shape index (κ3) is 3.80. The summed E-state index contributed by atoms with van der Waals surface area (Å²) in [5.74, 6) is -0.00274. The summed E-state index contributed by atoms with van der Waals surface area (Å²) in [7, 11) is 0. The number of nitrogens with zero attached hydrogens (tertiary/aromatic N) is 2. The van der Waals surface area contributed by atoms with Gasteiger partial charge in [0.05, 0.1) is 21.7 Å². The lowest BCUT2D eigenvalue weighted by Crippen LogP contribution is -2.07. The highest BCUT2D eigenvalue weighted by atomic mass is 32.2. The summed E-state index contributed by atoms with van der Waals surface area (Å²) in [5, 5.41) is 0. The van der Waals surface area contributed by atoms with Crippen molar-refractivity contribution in [1.29, 1.82) is 0 Å². The molecule has 21 heavy (non-hydrogen) atoms. The minimum Gasteiger partial charge on any atom is -0.459 e. The lowest BCUT2D eigenvalue weighted by Gasteiger charge is -2.02. The zero-order valence-corrected chi connectivity index (χ0v) is 12.7. The second kappa shape index (κ2) is 6.69. The highest BCUT2D eigenvalue weighted by molar-refractivity contribution is 8.01. The van der Waals surface area contributed by atoms with Crippen LogP contribution in [0, 0.1) is 0 Å². The number of pyridine rings is 1. The van der Waals surface area contributed by atoms with Crippen LogP contribution in [0.15, 0.2) is 53.0 Å². The summed E-state index contributed by atoms with van der Waals surface area (Å²) in [6, 6.07) is 13.5. The number of hydrogen-bond acceptors (Lipinski definition) is 6. The highest BCUT2D eigenvalue weighted by Crippen LogP contribution is 2.29. The molecule has 0 atom stereocenters. The Labute approximate surface area is 130 Å². The smallest absolute Gasteiger partial charge is 0.316 e. The van der Waals surface area contributed by atoms with Gasteiger partial charge in [0.1, 0.15) is 6.61 Å². The van der Waals surface area contributed by atoms with Crippen LogP contribution in [-0.2, 0) is 16.1 Å². The van der Waals surface area contributed by atoms with E-state index in [-0.39, 0.29) is 18.3 Å². The molecule has 0 saturated carbocycles. The first-order valence-corrected chi connectivity index (χ1v) is 8.15. The van der Waals surface area contributed by atoms with Crippen LogP contribution in [0.3, 0.4) is 0 Å². The standard InChI is InChI=1S/C15H12N2O2S2/c18-14(19-9-11-5-3-4-8-16-11)10-20-15-17-12-6-1-2-7-13(12)21-15/h1-8H,9-10H2. The van der Waals surface area contributed by atoms with Gasteiger partial charge in [-0.3, -0.25) is 9.78 Å². The van der Waals surface area contributed by atoms with Crippen molar-refractivity contribution in [3.8, 4) is 0 Å². The molecular formula is C15H12N2O2S2. The SMILES string of the molecule is O=C(CSc1nc2ccccc2s1)OCc1ccccn1. The van der Waals surface area contributed by atoms with Crippen molar-refractivity contribution in [3.63, 3.8) is 0 Å². The van der Waals surface area contributed by atoms with Crippen molar-refractivity contribution in [2.24, 2.45) is 0 Å². The molecule has 6 heteroatoms. The number of thioether (sulfide) groups is 1. The molecule has 4 nitrogen and oxygen atoms in total. The molecule has 0 radical (unpaired) electrons. The van der Waals surface area contributed by atoms with Gasteiger partial charge in [-0.05, 0) is 24.3 Å². The fourth-order valence-corrected chi connectivity index (χ4v) is 3.58. The predicted molar refractivity (Wildman–Crippen MR) is 84.4 cm³/mol. The van der Waals surface area contributed by atoms with E-state index in [0.29, 0.717) is 0 Å². The van der Waals surface area contributed by atoms with Crippen molar-refractivity contribution < 1.29 is 9.53 Å². The van der Waals surface area contributed by atoms with E-state index in [1.54, 1.807) is 17.5 Å². The van der Waals surface area contributed by atoms with E-state index in [9.17, 15) is 4.79 Å². The van der Waals surface area contributed by atoms with Crippen LogP contribution in [-0.4, -0.2) is 21.7 Å². The Hall–Kier alpha value is -1.92. The van der Waals surface area contributed by atoms with Gasteiger partial charge < -0.3 is 4.74 Å². The number of carbonyl (C=O) groups excluding carboxylic acids is 1. The first kappa shape index (κ1) is 14.0. The van der Waals surface area contributed by atoms with Gasteiger partial charge in [-0.15, -0.1) is 11.3 Å². The minimum atomic E-state index is -0.259. The molecule has 0 saturated heterocycles. The number of aromatic nitrogens is 2. The summed E-state index contributed by atoms with van der Waals surface area (Å²) >= 11 is 2.99. The van der Waals surface area contributed by atoms with Crippen LogP contribution < -0.4 is 0 Å². The van der Waals surface area contributed by atoms with Gasteiger partial charge >= 0.3 is 5.97 Å². The molecule has 0 N–H and O–H groups in total. The highest BCUT2D eigenvalue weighted by Gasteiger charge is 2.08. The first-order valence-electron chi connectivity index (χ1n) is 6.35. The van der Waals surface area contributed by atoms with Crippen LogP contribution in [0.1, 0.15) is 5.69 Å². The molecular weight excluding hydrogens is 304 g/mol. The number of esters is 1. The maximum Gasteiger partial charge on any atom is 0.316 e. The van der Waals surface area contributed by atoms with Crippen molar-refractivity contribution in [3.05, 3.63) is 54.4 Å². The van der Waals surface area contributed by atoms with E-state index >= 15 is 0 Å².